The Morgan fingerprint density at radius 3 is 2.80 bits per heavy atom. The maximum Gasteiger partial charge on any atom is 0.151 e. The molecule has 0 spiro atoms. The summed E-state index contributed by atoms with van der Waals surface area (Å²) in [7, 11) is 0. The molecule has 0 aliphatic heterocycles. The molecule has 0 amide bonds. The van der Waals surface area contributed by atoms with Crippen molar-refractivity contribution in [2.45, 2.75) is 9.10 Å². The van der Waals surface area contributed by atoms with Gasteiger partial charge in [0.25, 0.3) is 0 Å². The summed E-state index contributed by atoms with van der Waals surface area (Å²) in [6.45, 7) is 0. The second-order valence-corrected chi connectivity index (χ2v) is 5.48. The Labute approximate surface area is 101 Å². The van der Waals surface area contributed by atoms with Crippen molar-refractivity contribution in [1.82, 2.24) is 0 Å². The van der Waals surface area contributed by atoms with Gasteiger partial charge in [-0.1, -0.05) is 41.6 Å². The second kappa shape index (κ2) is 4.84. The molecular weight excluding hydrogens is 248 g/mol. The lowest BCUT2D eigenvalue weighted by Gasteiger charge is -2.04. The summed E-state index contributed by atoms with van der Waals surface area (Å²) in [6.07, 6.45) is 0.835. The van der Waals surface area contributed by atoms with Crippen LogP contribution >= 0.6 is 34.7 Å². The van der Waals surface area contributed by atoms with E-state index in [1.807, 2.05) is 17.5 Å². The number of hydrogen-bond acceptors (Lipinski definition) is 3. The van der Waals surface area contributed by atoms with Crippen LogP contribution in [0.25, 0.3) is 0 Å². The first-order valence-corrected chi connectivity index (χ1v) is 6.33. The predicted octanol–water partition coefficient (Wildman–Crippen LogP) is 4.37. The van der Waals surface area contributed by atoms with Gasteiger partial charge in [0, 0.05) is 10.5 Å². The molecule has 0 atom stereocenters. The zero-order valence-corrected chi connectivity index (χ0v) is 10.0. The van der Waals surface area contributed by atoms with E-state index in [0.29, 0.717) is 10.6 Å². The van der Waals surface area contributed by atoms with Gasteiger partial charge in [-0.05, 0) is 17.5 Å². The van der Waals surface area contributed by atoms with Gasteiger partial charge < -0.3 is 0 Å². The average molecular weight is 255 g/mol. The summed E-state index contributed by atoms with van der Waals surface area (Å²) < 4.78 is 1.13. The molecule has 0 unspecified atom stereocenters. The Morgan fingerprint density at radius 1 is 1.27 bits per heavy atom. The molecule has 0 aliphatic carbocycles. The molecule has 15 heavy (non-hydrogen) atoms. The molecule has 0 fully saturated rings. The van der Waals surface area contributed by atoms with Crippen LogP contribution in [0.5, 0.6) is 0 Å². The number of carbonyl (C=O) groups is 1. The molecule has 0 bridgehead atoms. The minimum Gasteiger partial charge on any atom is -0.298 e. The molecule has 0 N–H and O–H groups in total. The van der Waals surface area contributed by atoms with Crippen molar-refractivity contribution in [3.8, 4) is 0 Å². The van der Waals surface area contributed by atoms with Gasteiger partial charge in [0.15, 0.2) is 6.29 Å². The maximum atomic E-state index is 10.8. The van der Waals surface area contributed by atoms with E-state index < -0.39 is 0 Å². The lowest BCUT2D eigenvalue weighted by atomic mass is 10.2. The van der Waals surface area contributed by atoms with Crippen molar-refractivity contribution in [3.63, 3.8) is 0 Å². The Bertz CT molecular complexity index is 465. The summed E-state index contributed by atoms with van der Waals surface area (Å²) in [5.74, 6) is 0. The summed E-state index contributed by atoms with van der Waals surface area (Å²) >= 11 is 9.21. The maximum absolute atomic E-state index is 10.8. The highest BCUT2D eigenvalue weighted by Gasteiger charge is 2.08. The largest absolute Gasteiger partial charge is 0.298 e. The number of carbonyl (C=O) groups excluding carboxylic acids is 1. The van der Waals surface area contributed by atoms with Crippen molar-refractivity contribution in [2.24, 2.45) is 0 Å². The summed E-state index contributed by atoms with van der Waals surface area (Å²) in [5.41, 5.74) is 0.640. The number of thiophene rings is 1. The number of halogens is 1. The quantitative estimate of drug-likeness (QED) is 0.757. The van der Waals surface area contributed by atoms with Gasteiger partial charge in [0.2, 0.25) is 0 Å². The zero-order valence-electron chi connectivity index (χ0n) is 7.64. The van der Waals surface area contributed by atoms with E-state index in [-0.39, 0.29) is 0 Å². The molecule has 0 aliphatic rings. The fraction of sp³-hybridized carbons (Fsp3) is 0. The van der Waals surface area contributed by atoms with Gasteiger partial charge in [-0.25, -0.2) is 0 Å². The van der Waals surface area contributed by atoms with E-state index in [9.17, 15) is 4.79 Å². The minimum atomic E-state index is 0.623. The van der Waals surface area contributed by atoms with Gasteiger partial charge in [-0.15, -0.1) is 11.3 Å². The van der Waals surface area contributed by atoms with Crippen LogP contribution in [-0.4, -0.2) is 6.29 Å². The lowest BCUT2D eigenvalue weighted by molar-refractivity contribution is 0.112. The number of aldehydes is 1. The van der Waals surface area contributed by atoms with Crippen LogP contribution < -0.4 is 0 Å². The van der Waals surface area contributed by atoms with Gasteiger partial charge in [-0.3, -0.25) is 4.79 Å². The van der Waals surface area contributed by atoms with E-state index in [1.165, 1.54) is 11.8 Å². The van der Waals surface area contributed by atoms with E-state index in [4.69, 9.17) is 11.6 Å². The normalized spacial score (nSPS) is 10.2. The molecule has 1 heterocycles. The number of hydrogen-bond donors (Lipinski definition) is 0. The molecule has 0 saturated carbocycles. The third-order valence-corrected chi connectivity index (χ3v) is 4.45. The summed E-state index contributed by atoms with van der Waals surface area (Å²) in [5, 5.41) is 2.62. The average Bonchev–Trinajstić information content (AvgIpc) is 2.74. The highest BCUT2D eigenvalue weighted by Crippen LogP contribution is 2.37. The Kier molecular flexibility index (Phi) is 3.46. The third-order valence-electron chi connectivity index (χ3n) is 1.82. The lowest BCUT2D eigenvalue weighted by Crippen LogP contribution is -1.84. The van der Waals surface area contributed by atoms with Crippen LogP contribution in [-0.2, 0) is 0 Å². The molecule has 2 rings (SSSR count). The Hall–Kier alpha value is -0.770. The van der Waals surface area contributed by atoms with Crippen molar-refractivity contribution < 1.29 is 4.79 Å². The van der Waals surface area contributed by atoms with Gasteiger partial charge in [0.05, 0.1) is 9.23 Å². The molecule has 1 nitrogen and oxygen atoms in total. The first-order valence-electron chi connectivity index (χ1n) is 4.26. The van der Waals surface area contributed by atoms with Crippen LogP contribution in [0.15, 0.2) is 44.8 Å². The molecular formula is C11H7ClOS2. The van der Waals surface area contributed by atoms with Crippen LogP contribution in [0.1, 0.15) is 10.4 Å². The minimum absolute atomic E-state index is 0.623. The topological polar surface area (TPSA) is 17.1 Å². The standard InChI is InChI=1S/C11H7ClOS2/c12-9-4-1-3-8(7-13)11(9)15-10-5-2-6-14-10/h1-7H. The molecule has 0 saturated heterocycles. The molecule has 1 aromatic heterocycles. The van der Waals surface area contributed by atoms with Crippen molar-refractivity contribution in [2.75, 3.05) is 0 Å². The summed E-state index contributed by atoms with van der Waals surface area (Å²) in [4.78, 5) is 11.7. The van der Waals surface area contributed by atoms with E-state index in [1.54, 1.807) is 29.5 Å². The van der Waals surface area contributed by atoms with Crippen molar-refractivity contribution in [1.29, 1.82) is 0 Å². The molecule has 4 heteroatoms. The zero-order chi connectivity index (χ0) is 10.7. The smallest absolute Gasteiger partial charge is 0.151 e. The van der Waals surface area contributed by atoms with Gasteiger partial charge >= 0.3 is 0 Å². The number of rotatable bonds is 3. The monoisotopic (exact) mass is 254 g/mol. The van der Waals surface area contributed by atoms with Crippen LogP contribution in [0.4, 0.5) is 0 Å². The van der Waals surface area contributed by atoms with E-state index in [2.05, 4.69) is 0 Å². The third kappa shape index (κ3) is 2.43. The van der Waals surface area contributed by atoms with Crippen LogP contribution in [0.3, 0.4) is 0 Å². The van der Waals surface area contributed by atoms with Crippen molar-refractivity contribution in [3.05, 3.63) is 46.3 Å². The van der Waals surface area contributed by atoms with E-state index >= 15 is 0 Å². The van der Waals surface area contributed by atoms with E-state index in [0.717, 1.165) is 15.4 Å². The first-order chi connectivity index (χ1) is 7.31. The predicted molar refractivity (Wildman–Crippen MR) is 65.3 cm³/mol. The molecule has 2 aromatic rings. The fourth-order valence-corrected chi connectivity index (χ4v) is 3.25. The molecule has 0 radical (unpaired) electrons. The van der Waals surface area contributed by atoms with Crippen LogP contribution in [0, 0.1) is 0 Å². The first kappa shape index (κ1) is 10.7. The fourth-order valence-electron chi connectivity index (χ4n) is 1.15. The highest BCUT2D eigenvalue weighted by atomic mass is 35.5. The Morgan fingerprint density at radius 2 is 2.13 bits per heavy atom. The van der Waals surface area contributed by atoms with Gasteiger partial charge in [0.1, 0.15) is 0 Å². The molecule has 76 valence electrons. The van der Waals surface area contributed by atoms with Crippen molar-refractivity contribution >= 4 is 41.0 Å². The van der Waals surface area contributed by atoms with Crippen LogP contribution in [0.2, 0.25) is 5.02 Å². The highest BCUT2D eigenvalue weighted by molar-refractivity contribution is 8.01. The SMILES string of the molecule is O=Cc1cccc(Cl)c1Sc1cccs1. The number of benzene rings is 1. The Balaban J connectivity index is 2.38. The summed E-state index contributed by atoms with van der Waals surface area (Å²) in [6, 6.07) is 9.33. The molecule has 1 aromatic carbocycles. The second-order valence-electron chi connectivity index (χ2n) is 2.81. The van der Waals surface area contributed by atoms with Gasteiger partial charge in [-0.2, -0.15) is 0 Å².